The molecule has 0 spiro atoms. The van der Waals surface area contributed by atoms with Gasteiger partial charge < -0.3 is 4.90 Å². The van der Waals surface area contributed by atoms with Gasteiger partial charge in [-0.05, 0) is 67.8 Å². The van der Waals surface area contributed by atoms with Crippen LogP contribution in [0.5, 0.6) is 0 Å². The van der Waals surface area contributed by atoms with E-state index in [1.165, 1.54) is 15.4 Å². The minimum atomic E-state index is -0.0951. The average Bonchev–Trinajstić information content (AvgIpc) is 2.97. The standard InChI is InChI=1S/C29H28NOS/c1-29-21-9-8-11-24(29)18-15-22-10-6-7-14-27(22)32(29)26-19-16-23(17-20-26)28(31)30(2)25-12-4-3-5-13-25/h3-14,16-17,19-20H,15,18,21H2,1-2H3/q+1. The summed E-state index contributed by atoms with van der Waals surface area (Å²) in [4.78, 5) is 17.6. The van der Waals surface area contributed by atoms with Gasteiger partial charge in [0.2, 0.25) is 0 Å². The van der Waals surface area contributed by atoms with Gasteiger partial charge in [0, 0.05) is 30.3 Å². The third-order valence-electron chi connectivity index (χ3n) is 6.71. The molecule has 5 rings (SSSR count). The number of hydrogen-bond donors (Lipinski definition) is 0. The quantitative estimate of drug-likeness (QED) is 0.422. The SMILES string of the molecule is CN(C(=O)c1ccc([S+]2c3ccccc3CCC3=CC=CCC32C)cc1)c1ccccc1. The van der Waals surface area contributed by atoms with E-state index in [-0.39, 0.29) is 21.5 Å². The van der Waals surface area contributed by atoms with E-state index in [1.54, 1.807) is 10.5 Å². The molecule has 2 atom stereocenters. The van der Waals surface area contributed by atoms with Crippen LogP contribution in [-0.2, 0) is 17.3 Å². The van der Waals surface area contributed by atoms with Crippen molar-refractivity contribution in [2.75, 3.05) is 11.9 Å². The van der Waals surface area contributed by atoms with E-state index in [0.717, 1.165) is 30.5 Å². The van der Waals surface area contributed by atoms with Gasteiger partial charge in [-0.1, -0.05) is 54.6 Å². The number of anilines is 1. The third kappa shape index (κ3) is 3.61. The first-order valence-electron chi connectivity index (χ1n) is 11.2. The van der Waals surface area contributed by atoms with Crippen LogP contribution in [0.1, 0.15) is 35.7 Å². The van der Waals surface area contributed by atoms with E-state index >= 15 is 0 Å². The molecule has 1 heterocycles. The number of carbonyl (C=O) groups is 1. The molecule has 32 heavy (non-hydrogen) atoms. The molecule has 1 aliphatic carbocycles. The molecular weight excluding hydrogens is 410 g/mol. The van der Waals surface area contributed by atoms with Crippen molar-refractivity contribution in [1.82, 2.24) is 0 Å². The molecule has 0 aromatic heterocycles. The maximum Gasteiger partial charge on any atom is 0.258 e. The molecule has 3 heteroatoms. The Labute approximate surface area is 193 Å². The van der Waals surface area contributed by atoms with Crippen molar-refractivity contribution >= 4 is 22.5 Å². The highest BCUT2D eigenvalue weighted by molar-refractivity contribution is 7.98. The molecule has 2 unspecified atom stereocenters. The molecule has 3 aromatic carbocycles. The van der Waals surface area contributed by atoms with E-state index in [1.807, 2.05) is 49.5 Å². The van der Waals surface area contributed by atoms with Crippen molar-refractivity contribution in [1.29, 1.82) is 0 Å². The number of nitrogens with zero attached hydrogens (tertiary/aromatic N) is 1. The number of carbonyl (C=O) groups excluding carboxylic acids is 1. The molecule has 0 fully saturated rings. The third-order valence-corrected chi connectivity index (χ3v) is 9.62. The van der Waals surface area contributed by atoms with E-state index < -0.39 is 0 Å². The van der Waals surface area contributed by atoms with Gasteiger partial charge in [-0.2, -0.15) is 0 Å². The molecule has 0 bridgehead atoms. The Morgan fingerprint density at radius 2 is 1.62 bits per heavy atom. The summed E-state index contributed by atoms with van der Waals surface area (Å²) in [6.07, 6.45) is 10.1. The van der Waals surface area contributed by atoms with E-state index in [9.17, 15) is 4.79 Å². The molecule has 3 aromatic rings. The Hall–Kier alpha value is -3.04. The first-order chi connectivity index (χ1) is 15.6. The smallest absolute Gasteiger partial charge is 0.258 e. The summed E-state index contributed by atoms with van der Waals surface area (Å²) in [6, 6.07) is 27.1. The predicted molar refractivity (Wildman–Crippen MR) is 135 cm³/mol. The van der Waals surface area contributed by atoms with Gasteiger partial charge in [0.05, 0.1) is 10.9 Å². The largest absolute Gasteiger partial charge is 0.311 e. The predicted octanol–water partition coefficient (Wildman–Crippen LogP) is 6.59. The number of amides is 1. The zero-order valence-electron chi connectivity index (χ0n) is 18.6. The lowest BCUT2D eigenvalue weighted by molar-refractivity contribution is 0.0993. The summed E-state index contributed by atoms with van der Waals surface area (Å²) >= 11 is 0. The first-order valence-corrected chi connectivity index (χ1v) is 12.4. The molecule has 0 N–H and O–H groups in total. The zero-order valence-corrected chi connectivity index (χ0v) is 19.4. The number of allylic oxidation sites excluding steroid dienone is 3. The van der Waals surface area contributed by atoms with Crippen molar-refractivity contribution in [3.05, 3.63) is 114 Å². The zero-order chi connectivity index (χ0) is 22.1. The Bertz CT molecular complexity index is 1200. The van der Waals surface area contributed by atoms with Crippen LogP contribution in [0.4, 0.5) is 5.69 Å². The number of fused-ring (bicyclic) bond motifs is 2. The van der Waals surface area contributed by atoms with Gasteiger partial charge in [0.15, 0.2) is 14.5 Å². The molecule has 1 aliphatic heterocycles. The van der Waals surface area contributed by atoms with Gasteiger partial charge in [-0.15, -0.1) is 0 Å². The fourth-order valence-electron chi connectivity index (χ4n) is 4.85. The average molecular weight is 439 g/mol. The fourth-order valence-corrected chi connectivity index (χ4v) is 7.86. The lowest BCUT2D eigenvalue weighted by Gasteiger charge is -2.31. The summed E-state index contributed by atoms with van der Waals surface area (Å²) in [7, 11) is 1.74. The van der Waals surface area contributed by atoms with E-state index in [0.29, 0.717) is 0 Å². The highest BCUT2D eigenvalue weighted by Crippen LogP contribution is 2.48. The van der Waals surface area contributed by atoms with Crippen LogP contribution in [0.25, 0.3) is 0 Å². The highest BCUT2D eigenvalue weighted by Gasteiger charge is 2.51. The number of para-hydroxylation sites is 1. The topological polar surface area (TPSA) is 20.3 Å². The highest BCUT2D eigenvalue weighted by atomic mass is 32.2. The van der Waals surface area contributed by atoms with E-state index in [4.69, 9.17) is 0 Å². The van der Waals surface area contributed by atoms with Crippen molar-refractivity contribution in [2.24, 2.45) is 0 Å². The van der Waals surface area contributed by atoms with Crippen LogP contribution in [0.15, 0.2) is 112 Å². The maximum absolute atomic E-state index is 13.1. The van der Waals surface area contributed by atoms with Gasteiger partial charge in [0.1, 0.15) is 0 Å². The molecule has 160 valence electrons. The van der Waals surface area contributed by atoms with Crippen molar-refractivity contribution < 1.29 is 4.79 Å². The summed E-state index contributed by atoms with van der Waals surface area (Å²) < 4.78 is 0.0771. The minimum absolute atomic E-state index is 0.0137. The summed E-state index contributed by atoms with van der Waals surface area (Å²) in [5.41, 5.74) is 4.62. The molecular formula is C29H28NOS+. The molecule has 0 radical (unpaired) electrons. The van der Waals surface area contributed by atoms with Crippen LogP contribution in [0.3, 0.4) is 0 Å². The second-order valence-corrected chi connectivity index (χ2v) is 11.1. The van der Waals surface area contributed by atoms with Crippen molar-refractivity contribution in [2.45, 2.75) is 40.7 Å². The molecule has 2 nitrogen and oxygen atoms in total. The van der Waals surface area contributed by atoms with Crippen LogP contribution >= 0.6 is 0 Å². The summed E-state index contributed by atoms with van der Waals surface area (Å²) in [5.74, 6) is 0.0137. The molecule has 2 aliphatic rings. The van der Waals surface area contributed by atoms with E-state index in [2.05, 4.69) is 61.5 Å². The van der Waals surface area contributed by atoms with Crippen LogP contribution in [0.2, 0.25) is 0 Å². The Morgan fingerprint density at radius 1 is 0.906 bits per heavy atom. The minimum Gasteiger partial charge on any atom is -0.311 e. The molecule has 0 saturated carbocycles. The fraction of sp³-hybridized carbons (Fsp3) is 0.207. The number of aryl methyl sites for hydroxylation is 1. The van der Waals surface area contributed by atoms with Crippen molar-refractivity contribution in [3.63, 3.8) is 0 Å². The lowest BCUT2D eigenvalue weighted by atomic mass is 9.88. The van der Waals surface area contributed by atoms with Gasteiger partial charge >= 0.3 is 0 Å². The number of rotatable bonds is 3. The Kier molecular flexibility index (Phi) is 5.52. The normalized spacial score (nSPS) is 21.7. The second-order valence-electron chi connectivity index (χ2n) is 8.69. The molecule has 1 amide bonds. The Morgan fingerprint density at radius 3 is 2.41 bits per heavy atom. The summed E-state index contributed by atoms with van der Waals surface area (Å²) in [6.45, 7) is 2.43. The van der Waals surface area contributed by atoms with Gasteiger partial charge in [0.25, 0.3) is 5.91 Å². The monoisotopic (exact) mass is 438 g/mol. The van der Waals surface area contributed by atoms with Crippen LogP contribution < -0.4 is 4.90 Å². The number of benzene rings is 3. The first kappa shape index (κ1) is 20.8. The van der Waals surface area contributed by atoms with Crippen LogP contribution in [-0.4, -0.2) is 17.7 Å². The second kappa shape index (κ2) is 8.48. The molecule has 0 saturated heterocycles. The number of hydrogen-bond acceptors (Lipinski definition) is 1. The van der Waals surface area contributed by atoms with Gasteiger partial charge in [-0.25, -0.2) is 0 Å². The maximum atomic E-state index is 13.1. The Balaban J connectivity index is 1.52. The van der Waals surface area contributed by atoms with Crippen LogP contribution in [0, 0.1) is 0 Å². The van der Waals surface area contributed by atoms with Gasteiger partial charge in [-0.3, -0.25) is 4.79 Å². The summed E-state index contributed by atoms with van der Waals surface area (Å²) in [5, 5.41) is 0. The lowest BCUT2D eigenvalue weighted by Crippen LogP contribution is -2.37. The van der Waals surface area contributed by atoms with Crippen molar-refractivity contribution in [3.8, 4) is 0 Å².